The summed E-state index contributed by atoms with van der Waals surface area (Å²) < 4.78 is 2.38. The highest BCUT2D eigenvalue weighted by atomic mass is 15.0. The summed E-state index contributed by atoms with van der Waals surface area (Å²) in [5, 5.41) is 2.45. The molecule has 8 aromatic rings. The second-order valence-electron chi connectivity index (χ2n) is 10.7. The molecule has 202 valence electrons. The molecule has 0 spiro atoms. The molecule has 0 unspecified atom stereocenters. The lowest BCUT2D eigenvalue weighted by molar-refractivity contribution is 1.15. The van der Waals surface area contributed by atoms with Crippen LogP contribution in [0.5, 0.6) is 0 Å². The van der Waals surface area contributed by atoms with Crippen molar-refractivity contribution in [1.29, 1.82) is 0 Å². The van der Waals surface area contributed by atoms with Crippen LogP contribution in [0, 0.1) is 0 Å². The summed E-state index contributed by atoms with van der Waals surface area (Å²) in [6, 6.07) is 57.2. The van der Waals surface area contributed by atoms with Crippen molar-refractivity contribution in [3.63, 3.8) is 0 Å². The fourth-order valence-corrected chi connectivity index (χ4v) is 5.99. The van der Waals surface area contributed by atoms with Crippen LogP contribution in [0.15, 0.2) is 164 Å². The SMILES string of the molecule is c1ccc(-c2ccc3c(c2)c2ccccc2n3-c2ccccc2-c2cc(-c3ccccc3)nc(-c3ccccc3)n2)cc1. The van der Waals surface area contributed by atoms with Gasteiger partial charge in [0.1, 0.15) is 0 Å². The highest BCUT2D eigenvalue weighted by molar-refractivity contribution is 6.11. The Hall–Kier alpha value is -5.80. The van der Waals surface area contributed by atoms with Crippen molar-refractivity contribution < 1.29 is 0 Å². The standard InChI is InChI=1S/C40H27N3/c1-4-14-28(15-5-1)31-24-25-39-34(26-31)32-20-10-12-22-37(32)43(39)38-23-13-11-21-33(38)36-27-35(29-16-6-2-7-17-29)41-40(42-36)30-18-8-3-9-19-30/h1-27H. The van der Waals surface area contributed by atoms with E-state index in [1.54, 1.807) is 0 Å². The van der Waals surface area contributed by atoms with E-state index in [2.05, 4.69) is 144 Å². The van der Waals surface area contributed by atoms with Crippen LogP contribution >= 0.6 is 0 Å². The Balaban J connectivity index is 1.38. The smallest absolute Gasteiger partial charge is 0.160 e. The van der Waals surface area contributed by atoms with Gasteiger partial charge in [0.25, 0.3) is 0 Å². The molecule has 0 aliphatic carbocycles. The molecule has 6 aromatic carbocycles. The molecule has 0 saturated heterocycles. The van der Waals surface area contributed by atoms with Crippen LogP contribution in [0.1, 0.15) is 0 Å². The molecule has 0 amide bonds. The van der Waals surface area contributed by atoms with Gasteiger partial charge in [-0.2, -0.15) is 0 Å². The molecule has 0 fully saturated rings. The number of para-hydroxylation sites is 2. The minimum absolute atomic E-state index is 0.710. The van der Waals surface area contributed by atoms with Gasteiger partial charge >= 0.3 is 0 Å². The van der Waals surface area contributed by atoms with Crippen molar-refractivity contribution >= 4 is 21.8 Å². The van der Waals surface area contributed by atoms with Gasteiger partial charge in [0, 0.05) is 27.5 Å². The molecule has 0 radical (unpaired) electrons. The zero-order chi connectivity index (χ0) is 28.6. The van der Waals surface area contributed by atoms with Gasteiger partial charge in [-0.05, 0) is 41.5 Å². The highest BCUT2D eigenvalue weighted by Gasteiger charge is 2.18. The normalized spacial score (nSPS) is 11.3. The number of aromatic nitrogens is 3. The summed E-state index contributed by atoms with van der Waals surface area (Å²) in [5.74, 6) is 0.710. The predicted molar refractivity (Wildman–Crippen MR) is 178 cm³/mol. The van der Waals surface area contributed by atoms with E-state index in [0.717, 1.165) is 44.8 Å². The fraction of sp³-hybridized carbons (Fsp3) is 0. The van der Waals surface area contributed by atoms with Crippen molar-refractivity contribution in [1.82, 2.24) is 14.5 Å². The summed E-state index contributed by atoms with van der Waals surface area (Å²) >= 11 is 0. The summed E-state index contributed by atoms with van der Waals surface area (Å²) in [5.41, 5.74) is 10.7. The molecule has 2 aromatic heterocycles. The van der Waals surface area contributed by atoms with Gasteiger partial charge in [-0.3, -0.25) is 0 Å². The monoisotopic (exact) mass is 549 g/mol. The molecule has 3 nitrogen and oxygen atoms in total. The summed E-state index contributed by atoms with van der Waals surface area (Å²) in [6.45, 7) is 0. The van der Waals surface area contributed by atoms with Gasteiger partial charge < -0.3 is 4.57 Å². The van der Waals surface area contributed by atoms with Crippen molar-refractivity contribution in [2.45, 2.75) is 0 Å². The maximum absolute atomic E-state index is 5.16. The number of rotatable bonds is 5. The molecule has 2 heterocycles. The van der Waals surface area contributed by atoms with Crippen molar-refractivity contribution in [2.24, 2.45) is 0 Å². The molecule has 0 atom stereocenters. The van der Waals surface area contributed by atoms with Gasteiger partial charge in [-0.1, -0.05) is 133 Å². The average Bonchev–Trinajstić information content (AvgIpc) is 3.43. The van der Waals surface area contributed by atoms with E-state index < -0.39 is 0 Å². The lowest BCUT2D eigenvalue weighted by atomic mass is 10.0. The molecule has 0 saturated carbocycles. The fourth-order valence-electron chi connectivity index (χ4n) is 5.99. The Labute approximate surface area is 250 Å². The van der Waals surface area contributed by atoms with Gasteiger partial charge in [0.05, 0.1) is 28.1 Å². The zero-order valence-electron chi connectivity index (χ0n) is 23.4. The summed E-state index contributed by atoms with van der Waals surface area (Å²) in [6.07, 6.45) is 0. The Kier molecular flexibility index (Phi) is 6.12. The first-order valence-corrected chi connectivity index (χ1v) is 14.5. The highest BCUT2D eigenvalue weighted by Crippen LogP contribution is 2.38. The van der Waals surface area contributed by atoms with Crippen molar-refractivity contribution in [3.05, 3.63) is 164 Å². The van der Waals surface area contributed by atoms with Crippen LogP contribution < -0.4 is 0 Å². The zero-order valence-corrected chi connectivity index (χ0v) is 23.4. The van der Waals surface area contributed by atoms with Gasteiger partial charge in [0.2, 0.25) is 0 Å². The summed E-state index contributed by atoms with van der Waals surface area (Å²) in [7, 11) is 0. The molecule has 3 heteroatoms. The first-order valence-electron chi connectivity index (χ1n) is 14.5. The third-order valence-electron chi connectivity index (χ3n) is 8.03. The quantitative estimate of drug-likeness (QED) is 0.214. The van der Waals surface area contributed by atoms with Gasteiger partial charge in [-0.15, -0.1) is 0 Å². The first kappa shape index (κ1) is 25.0. The van der Waals surface area contributed by atoms with E-state index >= 15 is 0 Å². The van der Waals surface area contributed by atoms with E-state index in [4.69, 9.17) is 9.97 Å². The second-order valence-corrected chi connectivity index (χ2v) is 10.7. The second kappa shape index (κ2) is 10.6. The van der Waals surface area contributed by atoms with E-state index in [0.29, 0.717) is 5.82 Å². The first-order chi connectivity index (χ1) is 21.3. The van der Waals surface area contributed by atoms with Gasteiger partial charge in [-0.25, -0.2) is 9.97 Å². The van der Waals surface area contributed by atoms with E-state index in [1.165, 1.54) is 21.9 Å². The largest absolute Gasteiger partial charge is 0.309 e. The minimum Gasteiger partial charge on any atom is -0.309 e. The topological polar surface area (TPSA) is 30.7 Å². The third-order valence-corrected chi connectivity index (χ3v) is 8.03. The number of fused-ring (bicyclic) bond motifs is 3. The Morgan fingerprint density at radius 1 is 0.372 bits per heavy atom. The minimum atomic E-state index is 0.710. The lowest BCUT2D eigenvalue weighted by Crippen LogP contribution is -2.00. The lowest BCUT2D eigenvalue weighted by Gasteiger charge is -2.15. The van der Waals surface area contributed by atoms with Crippen LogP contribution in [0.3, 0.4) is 0 Å². The number of benzene rings is 6. The molecule has 0 aliphatic heterocycles. The van der Waals surface area contributed by atoms with E-state index in [-0.39, 0.29) is 0 Å². The van der Waals surface area contributed by atoms with Crippen LogP contribution in [0.2, 0.25) is 0 Å². The number of hydrogen-bond acceptors (Lipinski definition) is 2. The van der Waals surface area contributed by atoms with E-state index in [1.807, 2.05) is 24.3 Å². The molecule has 8 rings (SSSR count). The molecular weight excluding hydrogens is 522 g/mol. The number of hydrogen-bond donors (Lipinski definition) is 0. The van der Waals surface area contributed by atoms with Crippen molar-refractivity contribution in [2.75, 3.05) is 0 Å². The third kappa shape index (κ3) is 4.48. The van der Waals surface area contributed by atoms with Gasteiger partial charge in [0.15, 0.2) is 5.82 Å². The number of nitrogens with zero attached hydrogens (tertiary/aromatic N) is 3. The molecular formula is C40H27N3. The summed E-state index contributed by atoms with van der Waals surface area (Å²) in [4.78, 5) is 10.2. The van der Waals surface area contributed by atoms with E-state index in [9.17, 15) is 0 Å². The van der Waals surface area contributed by atoms with Crippen LogP contribution in [0.25, 0.3) is 72.5 Å². The molecule has 0 bridgehead atoms. The van der Waals surface area contributed by atoms with Crippen molar-refractivity contribution in [3.8, 4) is 50.7 Å². The maximum Gasteiger partial charge on any atom is 0.160 e. The van der Waals surface area contributed by atoms with Crippen LogP contribution in [0.4, 0.5) is 0 Å². The predicted octanol–water partition coefficient (Wildman–Crippen LogP) is 10.2. The van der Waals surface area contributed by atoms with Crippen LogP contribution in [-0.2, 0) is 0 Å². The van der Waals surface area contributed by atoms with Crippen LogP contribution in [-0.4, -0.2) is 14.5 Å². The Morgan fingerprint density at radius 2 is 0.953 bits per heavy atom. The Morgan fingerprint density at radius 3 is 1.72 bits per heavy atom. The molecule has 0 aliphatic rings. The average molecular weight is 550 g/mol. The maximum atomic E-state index is 5.16. The Bertz CT molecular complexity index is 2160. The molecule has 43 heavy (non-hydrogen) atoms. The molecule has 0 N–H and O–H groups in total.